The first-order valence-corrected chi connectivity index (χ1v) is 8.79. The predicted octanol–water partition coefficient (Wildman–Crippen LogP) is 0.189. The Morgan fingerprint density at radius 2 is 1.50 bits per heavy atom. The zero-order valence-electron chi connectivity index (χ0n) is 13.3. The molecule has 0 heterocycles. The Balaban J connectivity index is 2.24. The van der Waals surface area contributed by atoms with Crippen molar-refractivity contribution in [1.29, 1.82) is 0 Å². The molecule has 0 radical (unpaired) electrons. The molecule has 0 amide bonds. The lowest BCUT2D eigenvalue weighted by Crippen LogP contribution is -2.41. The van der Waals surface area contributed by atoms with Gasteiger partial charge in [0.25, 0.3) is 10.2 Å². The molecule has 1 saturated carbocycles. The van der Waals surface area contributed by atoms with Gasteiger partial charge in [0, 0.05) is 33.2 Å². The van der Waals surface area contributed by atoms with Crippen molar-refractivity contribution in [2.45, 2.75) is 31.7 Å². The van der Waals surface area contributed by atoms with Gasteiger partial charge in [0.2, 0.25) is 0 Å². The lowest BCUT2D eigenvalue weighted by molar-refractivity contribution is 0.350. The van der Waals surface area contributed by atoms with Gasteiger partial charge in [-0.15, -0.1) is 0 Å². The molecule has 1 N–H and O–H groups in total. The van der Waals surface area contributed by atoms with Crippen molar-refractivity contribution < 1.29 is 8.42 Å². The van der Waals surface area contributed by atoms with Crippen LogP contribution in [0.15, 0.2) is 0 Å². The van der Waals surface area contributed by atoms with E-state index in [9.17, 15) is 8.42 Å². The highest BCUT2D eigenvalue weighted by Gasteiger charge is 2.23. The summed E-state index contributed by atoms with van der Waals surface area (Å²) in [5.74, 6) is 0. The molecule has 0 spiro atoms. The summed E-state index contributed by atoms with van der Waals surface area (Å²) in [5.41, 5.74) is 0. The minimum atomic E-state index is -3.30. The monoisotopic (exact) mass is 306 g/mol. The van der Waals surface area contributed by atoms with Crippen molar-refractivity contribution in [3.63, 3.8) is 0 Å². The molecule has 0 aliphatic heterocycles. The van der Waals surface area contributed by atoms with Crippen molar-refractivity contribution in [2.24, 2.45) is 0 Å². The summed E-state index contributed by atoms with van der Waals surface area (Å²) in [6, 6.07) is 0.686. The molecule has 0 aromatic rings. The van der Waals surface area contributed by atoms with E-state index in [2.05, 4.69) is 10.2 Å². The lowest BCUT2D eigenvalue weighted by atomic mass is 10.4. The van der Waals surface area contributed by atoms with E-state index < -0.39 is 10.2 Å². The maximum Gasteiger partial charge on any atom is 0.281 e. The minimum Gasteiger partial charge on any atom is -0.314 e. The second kappa shape index (κ2) is 8.29. The third-order valence-electron chi connectivity index (χ3n) is 3.53. The molecule has 0 unspecified atom stereocenters. The van der Waals surface area contributed by atoms with Crippen LogP contribution in [0.3, 0.4) is 0 Å². The van der Waals surface area contributed by atoms with Gasteiger partial charge in [-0.1, -0.05) is 0 Å². The van der Waals surface area contributed by atoms with Crippen molar-refractivity contribution >= 4 is 10.2 Å². The van der Waals surface area contributed by atoms with Crippen molar-refractivity contribution in [2.75, 3.05) is 54.4 Å². The van der Waals surface area contributed by atoms with Crippen molar-refractivity contribution in [3.8, 4) is 0 Å². The Labute approximate surface area is 124 Å². The molecule has 1 aliphatic carbocycles. The summed E-state index contributed by atoms with van der Waals surface area (Å²) in [6.45, 7) is 2.93. The lowest BCUT2D eigenvalue weighted by Gasteiger charge is -2.24. The fourth-order valence-corrected chi connectivity index (χ4v) is 3.17. The second-order valence-electron chi connectivity index (χ2n) is 5.89. The van der Waals surface area contributed by atoms with Gasteiger partial charge in [-0.25, -0.2) is 0 Å². The van der Waals surface area contributed by atoms with E-state index in [4.69, 9.17) is 0 Å². The Kier molecular flexibility index (Phi) is 7.39. The second-order valence-corrected chi connectivity index (χ2v) is 8.03. The van der Waals surface area contributed by atoms with Crippen LogP contribution in [0.1, 0.15) is 25.7 Å². The Morgan fingerprint density at radius 1 is 0.950 bits per heavy atom. The topological polar surface area (TPSA) is 55.9 Å². The molecule has 20 heavy (non-hydrogen) atoms. The van der Waals surface area contributed by atoms with Gasteiger partial charge in [0.05, 0.1) is 0 Å². The van der Waals surface area contributed by atoms with Gasteiger partial charge < -0.3 is 10.2 Å². The van der Waals surface area contributed by atoms with Crippen LogP contribution in [0.4, 0.5) is 0 Å². The van der Waals surface area contributed by atoms with E-state index in [1.165, 1.54) is 21.5 Å². The van der Waals surface area contributed by atoms with Gasteiger partial charge in [0.1, 0.15) is 0 Å². The summed E-state index contributed by atoms with van der Waals surface area (Å²) in [4.78, 5) is 2.06. The number of hydrogen-bond acceptors (Lipinski definition) is 4. The zero-order chi connectivity index (χ0) is 15.2. The number of rotatable bonds is 11. The van der Waals surface area contributed by atoms with Gasteiger partial charge in [-0.05, 0) is 52.9 Å². The molecule has 1 rings (SSSR count). The fraction of sp³-hybridized carbons (Fsp3) is 1.00. The fourth-order valence-electron chi connectivity index (χ4n) is 1.97. The van der Waals surface area contributed by atoms with Crippen molar-refractivity contribution in [1.82, 2.24) is 18.8 Å². The predicted molar refractivity (Wildman–Crippen MR) is 83.0 cm³/mol. The normalized spacial score (nSPS) is 16.6. The first kappa shape index (κ1) is 17.8. The maximum atomic E-state index is 12.3. The van der Waals surface area contributed by atoms with E-state index in [0.717, 1.165) is 25.9 Å². The quantitative estimate of drug-likeness (QED) is 0.554. The smallest absolute Gasteiger partial charge is 0.281 e. The molecule has 0 aromatic carbocycles. The third kappa shape index (κ3) is 6.49. The highest BCUT2D eigenvalue weighted by Crippen LogP contribution is 2.18. The number of hydrogen-bond donors (Lipinski definition) is 1. The minimum absolute atomic E-state index is 0.561. The zero-order valence-corrected chi connectivity index (χ0v) is 14.1. The summed E-state index contributed by atoms with van der Waals surface area (Å²) >= 11 is 0. The summed E-state index contributed by atoms with van der Waals surface area (Å²) < 4.78 is 27.4. The molecule has 0 bridgehead atoms. The van der Waals surface area contributed by atoms with Crippen LogP contribution in [0.2, 0.25) is 0 Å². The largest absolute Gasteiger partial charge is 0.314 e. The van der Waals surface area contributed by atoms with Gasteiger partial charge in [-0.3, -0.25) is 0 Å². The van der Waals surface area contributed by atoms with Crippen molar-refractivity contribution in [3.05, 3.63) is 0 Å². The van der Waals surface area contributed by atoms with Crippen LogP contribution in [0, 0.1) is 0 Å². The Bertz CT molecular complexity index is 369. The highest BCUT2D eigenvalue weighted by molar-refractivity contribution is 7.86. The molecule has 120 valence electrons. The number of nitrogens with one attached hydrogen (secondary N) is 1. The summed E-state index contributed by atoms with van der Waals surface area (Å²) in [5, 5.41) is 3.40. The van der Waals surface area contributed by atoms with E-state index in [0.29, 0.717) is 19.1 Å². The summed E-state index contributed by atoms with van der Waals surface area (Å²) in [6.07, 6.45) is 4.24. The maximum absolute atomic E-state index is 12.3. The van der Waals surface area contributed by atoms with Gasteiger partial charge in [-0.2, -0.15) is 17.0 Å². The first-order valence-electron chi connectivity index (χ1n) is 7.39. The molecule has 0 saturated heterocycles. The molecule has 1 fully saturated rings. The Morgan fingerprint density at radius 3 is 2.00 bits per heavy atom. The average Bonchev–Trinajstić information content (AvgIpc) is 3.17. The average molecular weight is 306 g/mol. The third-order valence-corrected chi connectivity index (χ3v) is 5.47. The van der Waals surface area contributed by atoms with E-state index >= 15 is 0 Å². The van der Waals surface area contributed by atoms with Crippen LogP contribution in [-0.4, -0.2) is 82.3 Å². The van der Waals surface area contributed by atoms with Crippen LogP contribution in [0.5, 0.6) is 0 Å². The molecular weight excluding hydrogens is 276 g/mol. The van der Waals surface area contributed by atoms with Gasteiger partial charge >= 0.3 is 0 Å². The van der Waals surface area contributed by atoms with Crippen LogP contribution in [0.25, 0.3) is 0 Å². The molecule has 0 atom stereocenters. The van der Waals surface area contributed by atoms with E-state index in [1.807, 2.05) is 14.1 Å². The molecular formula is C13H30N4O2S. The SMILES string of the molecule is CN(C)CCCN(C)S(=O)(=O)N(C)CCCNC1CC1. The van der Waals surface area contributed by atoms with E-state index in [-0.39, 0.29) is 0 Å². The van der Waals surface area contributed by atoms with Crippen LogP contribution in [-0.2, 0) is 10.2 Å². The Hall–Kier alpha value is -0.210. The highest BCUT2D eigenvalue weighted by atomic mass is 32.2. The molecule has 1 aliphatic rings. The van der Waals surface area contributed by atoms with Crippen LogP contribution >= 0.6 is 0 Å². The molecule has 7 heteroatoms. The standard InChI is InChI=1S/C13H30N4O2S/c1-15(2)10-6-12-17(4)20(18,19)16(3)11-5-9-14-13-7-8-13/h13-14H,5-12H2,1-4H3. The summed E-state index contributed by atoms with van der Waals surface area (Å²) in [7, 11) is 4.00. The molecule has 0 aromatic heterocycles. The molecule has 6 nitrogen and oxygen atoms in total. The van der Waals surface area contributed by atoms with Gasteiger partial charge in [0.15, 0.2) is 0 Å². The van der Waals surface area contributed by atoms with E-state index in [1.54, 1.807) is 14.1 Å². The number of nitrogens with zero attached hydrogens (tertiary/aromatic N) is 3. The van der Waals surface area contributed by atoms with Crippen LogP contribution < -0.4 is 5.32 Å². The first-order chi connectivity index (χ1) is 9.34.